The molecular formula is C21H21Cl2N3O3. The first-order chi connectivity index (χ1) is 14.0. The summed E-state index contributed by atoms with van der Waals surface area (Å²) in [5.41, 5.74) is 1.73. The maximum absolute atomic E-state index is 12.5. The van der Waals surface area contributed by atoms with Crippen molar-refractivity contribution in [3.8, 4) is 5.75 Å². The topological polar surface area (TPSA) is 65.4 Å². The molecular weight excluding hydrogens is 413 g/mol. The monoisotopic (exact) mass is 433 g/mol. The Morgan fingerprint density at radius 1 is 1.21 bits per heavy atom. The van der Waals surface area contributed by atoms with Crippen molar-refractivity contribution in [3.05, 3.63) is 75.9 Å². The third-order valence-corrected chi connectivity index (χ3v) is 5.18. The first kappa shape index (κ1) is 21.2. The van der Waals surface area contributed by atoms with E-state index in [0.29, 0.717) is 29.0 Å². The summed E-state index contributed by atoms with van der Waals surface area (Å²) in [6.45, 7) is 2.37. The average Bonchev–Trinajstić information content (AvgIpc) is 3.16. The molecule has 0 spiro atoms. The van der Waals surface area contributed by atoms with Crippen molar-refractivity contribution in [2.24, 2.45) is 0 Å². The molecule has 29 heavy (non-hydrogen) atoms. The van der Waals surface area contributed by atoms with Crippen LogP contribution in [0, 0.1) is 0 Å². The van der Waals surface area contributed by atoms with Crippen LogP contribution in [0.15, 0.2) is 54.7 Å². The second-order valence-corrected chi connectivity index (χ2v) is 7.17. The van der Waals surface area contributed by atoms with Crippen molar-refractivity contribution < 1.29 is 14.3 Å². The minimum absolute atomic E-state index is 0.271. The molecule has 0 saturated carbocycles. The number of carbonyl (C=O) groups is 1. The molecule has 2 aromatic carbocycles. The van der Waals surface area contributed by atoms with Crippen LogP contribution in [-0.2, 0) is 22.7 Å². The Balaban J connectivity index is 1.60. The number of nitrogens with zero attached hydrogens (tertiary/aromatic N) is 2. The lowest BCUT2D eigenvalue weighted by molar-refractivity contribution is -0.127. The van der Waals surface area contributed by atoms with E-state index in [1.807, 2.05) is 36.4 Å². The van der Waals surface area contributed by atoms with Gasteiger partial charge in [-0.05, 0) is 36.2 Å². The number of ether oxygens (including phenoxy) is 2. The van der Waals surface area contributed by atoms with E-state index in [4.69, 9.17) is 32.7 Å². The van der Waals surface area contributed by atoms with Gasteiger partial charge < -0.3 is 14.8 Å². The fraction of sp³-hybridized carbons (Fsp3) is 0.238. The molecule has 0 aliphatic rings. The highest BCUT2D eigenvalue weighted by atomic mass is 35.5. The number of benzene rings is 2. The largest absolute Gasteiger partial charge is 0.497 e. The first-order valence-corrected chi connectivity index (χ1v) is 9.73. The number of hydrogen-bond acceptors (Lipinski definition) is 4. The van der Waals surface area contributed by atoms with E-state index >= 15 is 0 Å². The number of nitrogens with one attached hydrogen (secondary N) is 1. The molecule has 1 heterocycles. The van der Waals surface area contributed by atoms with Gasteiger partial charge in [0.25, 0.3) is 5.91 Å². The summed E-state index contributed by atoms with van der Waals surface area (Å²) in [6, 6.07) is 14.6. The van der Waals surface area contributed by atoms with Gasteiger partial charge in [-0.1, -0.05) is 47.5 Å². The van der Waals surface area contributed by atoms with E-state index in [0.717, 1.165) is 16.9 Å². The molecule has 1 N–H and O–H groups in total. The Morgan fingerprint density at radius 3 is 2.79 bits per heavy atom. The fourth-order valence-electron chi connectivity index (χ4n) is 2.68. The molecule has 0 fully saturated rings. The smallest absolute Gasteiger partial charge is 0.254 e. The lowest BCUT2D eigenvalue weighted by Crippen LogP contribution is -2.28. The zero-order valence-corrected chi connectivity index (χ0v) is 17.6. The molecule has 0 aliphatic carbocycles. The van der Waals surface area contributed by atoms with Crippen LogP contribution < -0.4 is 10.1 Å². The third-order valence-electron chi connectivity index (χ3n) is 4.32. The predicted molar refractivity (Wildman–Crippen MR) is 114 cm³/mol. The molecule has 6 nitrogen and oxygen atoms in total. The number of hydrogen-bond donors (Lipinski definition) is 1. The summed E-state index contributed by atoms with van der Waals surface area (Å²) in [5, 5.41) is 8.04. The number of aromatic nitrogens is 2. The second-order valence-electron chi connectivity index (χ2n) is 6.38. The van der Waals surface area contributed by atoms with Crippen molar-refractivity contribution in [2.45, 2.75) is 26.2 Å². The van der Waals surface area contributed by atoms with Crippen LogP contribution in [0.25, 0.3) is 0 Å². The summed E-state index contributed by atoms with van der Waals surface area (Å²) in [5.74, 6) is 1.02. The molecule has 3 rings (SSSR count). The summed E-state index contributed by atoms with van der Waals surface area (Å²) in [4.78, 5) is 12.5. The van der Waals surface area contributed by atoms with Gasteiger partial charge in [-0.2, -0.15) is 5.10 Å². The van der Waals surface area contributed by atoms with Gasteiger partial charge in [0.1, 0.15) is 17.7 Å². The van der Waals surface area contributed by atoms with Crippen LogP contribution in [-0.4, -0.2) is 28.9 Å². The average molecular weight is 434 g/mol. The van der Waals surface area contributed by atoms with Gasteiger partial charge in [0.2, 0.25) is 0 Å². The van der Waals surface area contributed by atoms with Gasteiger partial charge in [0.05, 0.1) is 36.5 Å². The van der Waals surface area contributed by atoms with E-state index in [9.17, 15) is 4.79 Å². The summed E-state index contributed by atoms with van der Waals surface area (Å²) >= 11 is 12.3. The highest BCUT2D eigenvalue weighted by Gasteiger charge is 2.16. The third kappa shape index (κ3) is 5.50. The Morgan fingerprint density at radius 2 is 2.00 bits per heavy atom. The number of anilines is 1. The van der Waals surface area contributed by atoms with Crippen molar-refractivity contribution in [1.29, 1.82) is 0 Å². The standard InChI is InChI=1S/C21H21Cl2N3O3/c1-14(29-13-15-5-3-7-17(11-15)28-2)21(27)25-19-9-10-24-26(19)12-16-6-4-8-18(22)20(16)23/h3-11,14H,12-13H2,1-2H3,(H,25,27). The molecule has 3 aromatic rings. The van der Waals surface area contributed by atoms with E-state index in [2.05, 4.69) is 10.4 Å². The number of methoxy groups -OCH3 is 1. The van der Waals surface area contributed by atoms with Gasteiger partial charge in [0, 0.05) is 6.07 Å². The van der Waals surface area contributed by atoms with E-state index < -0.39 is 6.10 Å². The van der Waals surface area contributed by atoms with E-state index in [1.54, 1.807) is 37.0 Å². The summed E-state index contributed by atoms with van der Waals surface area (Å²) in [6.07, 6.45) is 0.954. The molecule has 1 amide bonds. The van der Waals surface area contributed by atoms with E-state index in [-0.39, 0.29) is 5.91 Å². The Bertz CT molecular complexity index is 991. The SMILES string of the molecule is COc1cccc(COC(C)C(=O)Nc2ccnn2Cc2cccc(Cl)c2Cl)c1. The summed E-state index contributed by atoms with van der Waals surface area (Å²) in [7, 11) is 1.61. The minimum Gasteiger partial charge on any atom is -0.497 e. The quantitative estimate of drug-likeness (QED) is 0.554. The number of carbonyl (C=O) groups excluding carboxylic acids is 1. The Kier molecular flexibility index (Phi) is 7.14. The Labute approximate surface area is 179 Å². The fourth-order valence-corrected chi connectivity index (χ4v) is 3.06. The molecule has 0 bridgehead atoms. The molecule has 1 atom stereocenters. The zero-order valence-electron chi connectivity index (χ0n) is 16.1. The van der Waals surface area contributed by atoms with Crippen LogP contribution in [0.3, 0.4) is 0 Å². The van der Waals surface area contributed by atoms with Gasteiger partial charge in [-0.3, -0.25) is 4.79 Å². The molecule has 0 saturated heterocycles. The van der Waals surface area contributed by atoms with Crippen molar-refractivity contribution in [3.63, 3.8) is 0 Å². The minimum atomic E-state index is -0.653. The van der Waals surface area contributed by atoms with Crippen LogP contribution >= 0.6 is 23.2 Å². The molecule has 1 unspecified atom stereocenters. The van der Waals surface area contributed by atoms with Crippen molar-refractivity contribution in [2.75, 3.05) is 12.4 Å². The van der Waals surface area contributed by atoms with Crippen LogP contribution in [0.1, 0.15) is 18.1 Å². The number of rotatable bonds is 8. The summed E-state index contributed by atoms with van der Waals surface area (Å²) < 4.78 is 12.5. The number of amides is 1. The van der Waals surface area contributed by atoms with Gasteiger partial charge in [-0.15, -0.1) is 0 Å². The highest BCUT2D eigenvalue weighted by molar-refractivity contribution is 6.42. The Hall–Kier alpha value is -2.54. The van der Waals surface area contributed by atoms with Gasteiger partial charge in [0.15, 0.2) is 0 Å². The van der Waals surface area contributed by atoms with Gasteiger partial charge >= 0.3 is 0 Å². The molecule has 152 valence electrons. The molecule has 1 aromatic heterocycles. The van der Waals surface area contributed by atoms with Gasteiger partial charge in [-0.25, -0.2) is 4.68 Å². The van der Waals surface area contributed by atoms with Crippen molar-refractivity contribution >= 4 is 34.9 Å². The lowest BCUT2D eigenvalue weighted by Gasteiger charge is -2.15. The predicted octanol–water partition coefficient (Wildman–Crippen LogP) is 4.79. The number of halogens is 2. The normalized spacial score (nSPS) is 11.9. The highest BCUT2D eigenvalue weighted by Crippen LogP contribution is 2.26. The molecule has 8 heteroatoms. The first-order valence-electron chi connectivity index (χ1n) is 8.98. The maximum atomic E-state index is 12.5. The van der Waals surface area contributed by atoms with Crippen LogP contribution in [0.4, 0.5) is 5.82 Å². The maximum Gasteiger partial charge on any atom is 0.254 e. The molecule has 0 aliphatic heterocycles. The van der Waals surface area contributed by atoms with Crippen LogP contribution in [0.5, 0.6) is 5.75 Å². The molecule has 0 radical (unpaired) electrons. The van der Waals surface area contributed by atoms with Crippen molar-refractivity contribution in [1.82, 2.24) is 9.78 Å². The second kappa shape index (κ2) is 9.78. The van der Waals surface area contributed by atoms with E-state index in [1.165, 1.54) is 0 Å². The lowest BCUT2D eigenvalue weighted by atomic mass is 10.2. The zero-order chi connectivity index (χ0) is 20.8. The van der Waals surface area contributed by atoms with Crippen LogP contribution in [0.2, 0.25) is 10.0 Å².